The number of rotatable bonds is 3. The first-order valence-corrected chi connectivity index (χ1v) is 5.64. The zero-order valence-corrected chi connectivity index (χ0v) is 10.8. The topological polar surface area (TPSA) is 75.3 Å². The highest BCUT2D eigenvalue weighted by molar-refractivity contribution is 9.10. The maximum Gasteiger partial charge on any atom is 0.251 e. The summed E-state index contributed by atoms with van der Waals surface area (Å²) < 4.78 is 0.751. The van der Waals surface area contributed by atoms with E-state index in [-0.39, 0.29) is 12.5 Å². The third-order valence-electron chi connectivity index (χ3n) is 1.86. The van der Waals surface area contributed by atoms with E-state index in [0.717, 1.165) is 4.47 Å². The molecule has 4 nitrogen and oxygen atoms in total. The smallest absolute Gasteiger partial charge is 0.251 e. The fourth-order valence-electron chi connectivity index (χ4n) is 1.14. The number of carbonyl (C=O) groups excluding carboxylic acids is 1. The minimum atomic E-state index is -0.923. The van der Waals surface area contributed by atoms with E-state index in [2.05, 4.69) is 21.2 Å². The molecule has 0 aliphatic heterocycles. The van der Waals surface area contributed by atoms with Crippen LogP contribution in [0.2, 0.25) is 0 Å². The van der Waals surface area contributed by atoms with Crippen LogP contribution in [0.4, 0.5) is 5.69 Å². The molecule has 0 spiro atoms. The van der Waals surface area contributed by atoms with Gasteiger partial charge in [0.1, 0.15) is 0 Å². The lowest BCUT2D eigenvalue weighted by Crippen LogP contribution is -2.38. The predicted octanol–water partition coefficient (Wildman–Crippen LogP) is 1.53. The van der Waals surface area contributed by atoms with Crippen molar-refractivity contribution in [2.45, 2.75) is 19.4 Å². The lowest BCUT2D eigenvalue weighted by atomic mass is 10.1. The Kier molecular flexibility index (Phi) is 3.93. The van der Waals surface area contributed by atoms with E-state index in [1.54, 1.807) is 32.0 Å². The third-order valence-corrected chi connectivity index (χ3v) is 2.32. The molecule has 5 heteroatoms. The summed E-state index contributed by atoms with van der Waals surface area (Å²) in [6.45, 7) is 3.45. The number of amides is 1. The molecule has 0 fully saturated rings. The van der Waals surface area contributed by atoms with Gasteiger partial charge in [-0.05, 0) is 32.0 Å². The zero-order valence-electron chi connectivity index (χ0n) is 9.25. The highest BCUT2D eigenvalue weighted by Gasteiger charge is 2.15. The number of benzene rings is 1. The molecule has 0 unspecified atom stereocenters. The molecule has 0 heterocycles. The molecule has 0 bridgehead atoms. The molecular weight excluding hydrogens is 272 g/mol. The van der Waals surface area contributed by atoms with Crippen LogP contribution in [0, 0.1) is 0 Å². The minimum Gasteiger partial charge on any atom is -0.399 e. The maximum atomic E-state index is 11.7. The number of nitrogens with one attached hydrogen (secondary N) is 1. The van der Waals surface area contributed by atoms with Crippen molar-refractivity contribution in [2.24, 2.45) is 0 Å². The second kappa shape index (κ2) is 4.84. The van der Waals surface area contributed by atoms with Crippen LogP contribution in [0.25, 0.3) is 0 Å². The number of halogens is 1. The molecule has 1 amide bonds. The normalized spacial score (nSPS) is 11.2. The maximum absolute atomic E-state index is 11.7. The molecule has 1 aromatic carbocycles. The Bertz CT molecular complexity index is 379. The monoisotopic (exact) mass is 286 g/mol. The molecule has 0 saturated carbocycles. The molecule has 1 aromatic rings. The molecule has 0 aliphatic rings. The van der Waals surface area contributed by atoms with E-state index in [0.29, 0.717) is 11.3 Å². The number of carbonyl (C=O) groups is 1. The van der Waals surface area contributed by atoms with Crippen molar-refractivity contribution in [3.05, 3.63) is 28.2 Å². The Morgan fingerprint density at radius 3 is 2.62 bits per heavy atom. The average Bonchev–Trinajstić information content (AvgIpc) is 2.11. The third kappa shape index (κ3) is 4.20. The van der Waals surface area contributed by atoms with Gasteiger partial charge in [-0.1, -0.05) is 15.9 Å². The fraction of sp³-hybridized carbons (Fsp3) is 0.364. The van der Waals surface area contributed by atoms with Crippen molar-refractivity contribution >= 4 is 27.5 Å². The van der Waals surface area contributed by atoms with Gasteiger partial charge < -0.3 is 16.2 Å². The fourth-order valence-corrected chi connectivity index (χ4v) is 1.65. The minimum absolute atomic E-state index is 0.193. The molecule has 0 radical (unpaired) electrons. The first-order chi connectivity index (χ1) is 7.28. The number of hydrogen-bond acceptors (Lipinski definition) is 3. The van der Waals surface area contributed by atoms with Gasteiger partial charge >= 0.3 is 0 Å². The molecular formula is C11H15BrN2O2. The molecule has 0 aliphatic carbocycles. The van der Waals surface area contributed by atoms with Gasteiger partial charge in [0.05, 0.1) is 5.60 Å². The lowest BCUT2D eigenvalue weighted by molar-refractivity contribution is 0.0694. The second-order valence-corrected chi connectivity index (χ2v) is 5.18. The molecule has 88 valence electrons. The average molecular weight is 287 g/mol. The first kappa shape index (κ1) is 13.0. The van der Waals surface area contributed by atoms with E-state index < -0.39 is 5.60 Å². The SMILES string of the molecule is CC(C)(O)CNC(=O)c1cc(N)cc(Br)c1. The van der Waals surface area contributed by atoms with Crippen LogP contribution in [0.3, 0.4) is 0 Å². The Labute approximate surface area is 103 Å². The van der Waals surface area contributed by atoms with Gasteiger partial charge in [-0.25, -0.2) is 0 Å². The molecule has 0 saturated heterocycles. The molecule has 4 N–H and O–H groups in total. The number of anilines is 1. The van der Waals surface area contributed by atoms with E-state index in [1.165, 1.54) is 0 Å². The van der Waals surface area contributed by atoms with Crippen molar-refractivity contribution in [1.29, 1.82) is 0 Å². The summed E-state index contributed by atoms with van der Waals surface area (Å²) in [6, 6.07) is 4.98. The quantitative estimate of drug-likeness (QED) is 0.738. The van der Waals surface area contributed by atoms with Crippen LogP contribution >= 0.6 is 15.9 Å². The predicted molar refractivity (Wildman–Crippen MR) is 67.2 cm³/mol. The zero-order chi connectivity index (χ0) is 12.3. The molecule has 16 heavy (non-hydrogen) atoms. The van der Waals surface area contributed by atoms with Crippen LogP contribution in [-0.2, 0) is 0 Å². The van der Waals surface area contributed by atoms with Gasteiger partial charge in [0.2, 0.25) is 0 Å². The second-order valence-electron chi connectivity index (χ2n) is 4.27. The van der Waals surface area contributed by atoms with E-state index in [1.807, 2.05) is 0 Å². The molecule has 1 rings (SSSR count). The first-order valence-electron chi connectivity index (χ1n) is 4.84. The van der Waals surface area contributed by atoms with Crippen LogP contribution in [0.15, 0.2) is 22.7 Å². The van der Waals surface area contributed by atoms with Gasteiger partial charge in [-0.15, -0.1) is 0 Å². The summed E-state index contributed by atoms with van der Waals surface area (Å²) in [7, 11) is 0. The van der Waals surface area contributed by atoms with Crippen molar-refractivity contribution < 1.29 is 9.90 Å². The number of hydrogen-bond donors (Lipinski definition) is 3. The highest BCUT2D eigenvalue weighted by Crippen LogP contribution is 2.17. The van der Waals surface area contributed by atoms with Gasteiger partial charge in [0, 0.05) is 22.3 Å². The standard InChI is InChI=1S/C11H15BrN2O2/c1-11(2,16)6-14-10(15)7-3-8(12)5-9(13)4-7/h3-5,16H,6,13H2,1-2H3,(H,14,15). The summed E-state index contributed by atoms with van der Waals surface area (Å²) in [6.07, 6.45) is 0. The van der Waals surface area contributed by atoms with E-state index in [9.17, 15) is 9.90 Å². The Morgan fingerprint density at radius 1 is 1.50 bits per heavy atom. The van der Waals surface area contributed by atoms with Crippen LogP contribution in [0.1, 0.15) is 24.2 Å². The van der Waals surface area contributed by atoms with Crippen LogP contribution in [0.5, 0.6) is 0 Å². The summed E-state index contributed by atoms with van der Waals surface area (Å²) in [4.78, 5) is 11.7. The van der Waals surface area contributed by atoms with Crippen molar-refractivity contribution in [3.63, 3.8) is 0 Å². The van der Waals surface area contributed by atoms with Gasteiger partial charge in [0.25, 0.3) is 5.91 Å². The van der Waals surface area contributed by atoms with Gasteiger partial charge in [0.15, 0.2) is 0 Å². The van der Waals surface area contributed by atoms with E-state index >= 15 is 0 Å². The Balaban J connectivity index is 2.73. The summed E-state index contributed by atoms with van der Waals surface area (Å²) >= 11 is 3.26. The van der Waals surface area contributed by atoms with Gasteiger partial charge in [-0.3, -0.25) is 4.79 Å². The summed E-state index contributed by atoms with van der Waals surface area (Å²) in [5.41, 5.74) is 5.68. The summed E-state index contributed by atoms with van der Waals surface area (Å²) in [5, 5.41) is 12.1. The number of nitrogen functional groups attached to an aromatic ring is 1. The lowest BCUT2D eigenvalue weighted by Gasteiger charge is -2.17. The molecule has 0 atom stereocenters. The van der Waals surface area contributed by atoms with Crippen molar-refractivity contribution in [2.75, 3.05) is 12.3 Å². The number of aliphatic hydroxyl groups is 1. The Hall–Kier alpha value is -1.07. The Morgan fingerprint density at radius 2 is 2.12 bits per heavy atom. The van der Waals surface area contributed by atoms with E-state index in [4.69, 9.17) is 5.73 Å². The number of nitrogens with two attached hydrogens (primary N) is 1. The largest absolute Gasteiger partial charge is 0.399 e. The highest BCUT2D eigenvalue weighted by atomic mass is 79.9. The summed E-state index contributed by atoms with van der Waals surface area (Å²) in [5.74, 6) is -0.255. The van der Waals surface area contributed by atoms with Crippen LogP contribution in [-0.4, -0.2) is 23.2 Å². The van der Waals surface area contributed by atoms with Crippen molar-refractivity contribution in [1.82, 2.24) is 5.32 Å². The molecule has 0 aromatic heterocycles. The van der Waals surface area contributed by atoms with Crippen LogP contribution < -0.4 is 11.1 Å². The van der Waals surface area contributed by atoms with Gasteiger partial charge in [-0.2, -0.15) is 0 Å². The van der Waals surface area contributed by atoms with Crippen molar-refractivity contribution in [3.8, 4) is 0 Å².